The van der Waals surface area contributed by atoms with Gasteiger partial charge in [0.05, 0.1) is 11.6 Å². The lowest BCUT2D eigenvalue weighted by molar-refractivity contribution is 0.107. The minimum absolute atomic E-state index is 0.0686. The quantitative estimate of drug-likeness (QED) is 0.606. The molecule has 4 heteroatoms. The van der Waals surface area contributed by atoms with Crippen LogP contribution in [-0.4, -0.2) is 30.7 Å². The molecule has 0 aromatic heterocycles. The van der Waals surface area contributed by atoms with E-state index in [4.69, 9.17) is 4.74 Å². The van der Waals surface area contributed by atoms with E-state index in [0.717, 1.165) is 12.0 Å². The fourth-order valence-electron chi connectivity index (χ4n) is 4.82. The summed E-state index contributed by atoms with van der Waals surface area (Å²) in [5.41, 5.74) is 6.60. The predicted molar refractivity (Wildman–Crippen MR) is 115 cm³/mol. The number of nitrogens with zero attached hydrogens (tertiary/aromatic N) is 2. The Morgan fingerprint density at radius 2 is 1.53 bits per heavy atom. The molecule has 1 heterocycles. The molecule has 0 N–H and O–H groups in total. The smallest absolute Gasteiger partial charge is 0.409 e. The van der Waals surface area contributed by atoms with Gasteiger partial charge >= 0.3 is 6.09 Å². The van der Waals surface area contributed by atoms with E-state index in [1.165, 1.54) is 22.3 Å². The fourth-order valence-corrected chi connectivity index (χ4v) is 4.82. The van der Waals surface area contributed by atoms with E-state index in [-0.39, 0.29) is 17.9 Å². The molecule has 1 unspecified atom stereocenters. The van der Waals surface area contributed by atoms with Crippen LogP contribution in [-0.2, 0) is 4.74 Å². The molecule has 1 atom stereocenters. The summed E-state index contributed by atoms with van der Waals surface area (Å²) in [4.78, 5) is 14.6. The van der Waals surface area contributed by atoms with Gasteiger partial charge in [0.15, 0.2) is 0 Å². The summed E-state index contributed by atoms with van der Waals surface area (Å²) < 4.78 is 5.79. The van der Waals surface area contributed by atoms with Crippen LogP contribution in [0.1, 0.15) is 40.5 Å². The summed E-state index contributed by atoms with van der Waals surface area (Å²) in [6, 6.07) is 26.6. The second-order valence-corrected chi connectivity index (χ2v) is 7.93. The average molecular weight is 394 g/mol. The molecule has 1 aliphatic carbocycles. The van der Waals surface area contributed by atoms with Gasteiger partial charge in [0, 0.05) is 24.9 Å². The Balaban J connectivity index is 1.28. The summed E-state index contributed by atoms with van der Waals surface area (Å²) >= 11 is 0. The van der Waals surface area contributed by atoms with Crippen molar-refractivity contribution < 1.29 is 9.53 Å². The van der Waals surface area contributed by atoms with Crippen molar-refractivity contribution in [3.05, 3.63) is 95.1 Å². The van der Waals surface area contributed by atoms with Gasteiger partial charge in [-0.1, -0.05) is 66.7 Å². The third-order valence-corrected chi connectivity index (χ3v) is 6.30. The number of amides is 1. The molecular formula is C26H22N2O2. The molecule has 3 aromatic rings. The lowest BCUT2D eigenvalue weighted by Crippen LogP contribution is -2.30. The number of rotatable bonds is 3. The van der Waals surface area contributed by atoms with Gasteiger partial charge in [0.1, 0.15) is 6.61 Å². The second-order valence-electron chi connectivity index (χ2n) is 7.93. The number of hydrogen-bond donors (Lipinski definition) is 0. The highest BCUT2D eigenvalue weighted by molar-refractivity contribution is 5.79. The van der Waals surface area contributed by atoms with E-state index in [2.05, 4.69) is 30.3 Å². The number of fused-ring (bicyclic) bond motifs is 3. The molecule has 1 amide bonds. The Morgan fingerprint density at radius 1 is 0.933 bits per heavy atom. The van der Waals surface area contributed by atoms with Crippen LogP contribution in [0, 0.1) is 11.3 Å². The van der Waals surface area contributed by atoms with Gasteiger partial charge in [0.2, 0.25) is 0 Å². The Labute approximate surface area is 176 Å². The number of ether oxygens (including phenoxy) is 1. The standard InChI is InChI=1S/C26H22N2O2/c27-15-18-7-1-2-8-20(18)19-13-14-28(16-19)26(29)30-17-25-23-11-5-3-9-21(23)22-10-4-6-12-24(22)25/h1-12,19,25H,13-14,16-17H2. The van der Waals surface area contributed by atoms with Gasteiger partial charge in [-0.25, -0.2) is 4.79 Å². The maximum atomic E-state index is 12.8. The number of benzene rings is 3. The minimum atomic E-state index is -0.270. The van der Waals surface area contributed by atoms with Gasteiger partial charge in [0.25, 0.3) is 0 Å². The van der Waals surface area contributed by atoms with Crippen molar-refractivity contribution >= 4 is 6.09 Å². The molecule has 5 rings (SSSR count). The topological polar surface area (TPSA) is 53.3 Å². The van der Waals surface area contributed by atoms with Crippen molar-refractivity contribution in [3.63, 3.8) is 0 Å². The highest BCUT2D eigenvalue weighted by Crippen LogP contribution is 2.44. The molecule has 0 radical (unpaired) electrons. The van der Waals surface area contributed by atoms with Crippen LogP contribution in [0.4, 0.5) is 4.79 Å². The zero-order valence-corrected chi connectivity index (χ0v) is 16.6. The largest absolute Gasteiger partial charge is 0.448 e. The monoisotopic (exact) mass is 394 g/mol. The lowest BCUT2D eigenvalue weighted by atomic mass is 9.94. The number of nitriles is 1. The van der Waals surface area contributed by atoms with Crippen LogP contribution >= 0.6 is 0 Å². The Bertz CT molecular complexity index is 1100. The van der Waals surface area contributed by atoms with Crippen molar-refractivity contribution in [2.75, 3.05) is 19.7 Å². The summed E-state index contributed by atoms with van der Waals surface area (Å²) in [6.07, 6.45) is 0.580. The maximum absolute atomic E-state index is 12.8. The molecule has 1 aliphatic heterocycles. The van der Waals surface area contributed by atoms with Crippen LogP contribution in [0.5, 0.6) is 0 Å². The molecule has 0 saturated carbocycles. The molecule has 3 aromatic carbocycles. The van der Waals surface area contributed by atoms with E-state index in [1.54, 1.807) is 4.90 Å². The van der Waals surface area contributed by atoms with Crippen LogP contribution in [0.25, 0.3) is 11.1 Å². The number of hydrogen-bond acceptors (Lipinski definition) is 3. The van der Waals surface area contributed by atoms with Gasteiger partial charge in [-0.2, -0.15) is 5.26 Å². The number of likely N-dealkylation sites (tertiary alicyclic amines) is 1. The highest BCUT2D eigenvalue weighted by atomic mass is 16.6. The molecule has 30 heavy (non-hydrogen) atoms. The van der Waals surface area contributed by atoms with Gasteiger partial charge in [-0.15, -0.1) is 0 Å². The van der Waals surface area contributed by atoms with Crippen molar-refractivity contribution in [2.45, 2.75) is 18.3 Å². The molecule has 4 nitrogen and oxygen atoms in total. The molecule has 148 valence electrons. The SMILES string of the molecule is N#Cc1ccccc1C1CCN(C(=O)OCC2c3ccccc3-c3ccccc32)C1. The minimum Gasteiger partial charge on any atom is -0.448 e. The van der Waals surface area contributed by atoms with E-state index in [1.807, 2.05) is 48.5 Å². The third kappa shape index (κ3) is 3.13. The average Bonchev–Trinajstić information content (AvgIpc) is 3.41. The first kappa shape index (κ1) is 18.4. The van der Waals surface area contributed by atoms with Gasteiger partial charge < -0.3 is 9.64 Å². The highest BCUT2D eigenvalue weighted by Gasteiger charge is 2.32. The molecule has 1 fully saturated rings. The summed E-state index contributed by atoms with van der Waals surface area (Å²) in [6.45, 7) is 1.58. The fraction of sp³-hybridized carbons (Fsp3) is 0.231. The van der Waals surface area contributed by atoms with Crippen LogP contribution in [0.15, 0.2) is 72.8 Å². The van der Waals surface area contributed by atoms with E-state index in [0.29, 0.717) is 25.3 Å². The predicted octanol–water partition coefficient (Wildman–Crippen LogP) is 5.30. The number of carbonyl (C=O) groups is 1. The molecule has 0 spiro atoms. The zero-order valence-electron chi connectivity index (χ0n) is 16.6. The third-order valence-electron chi connectivity index (χ3n) is 6.30. The van der Waals surface area contributed by atoms with Crippen LogP contribution in [0.2, 0.25) is 0 Å². The summed E-state index contributed by atoms with van der Waals surface area (Å²) in [7, 11) is 0. The van der Waals surface area contributed by atoms with Crippen LogP contribution in [0.3, 0.4) is 0 Å². The molecular weight excluding hydrogens is 372 g/mol. The van der Waals surface area contributed by atoms with Crippen molar-refractivity contribution in [1.29, 1.82) is 5.26 Å². The van der Waals surface area contributed by atoms with Crippen molar-refractivity contribution in [1.82, 2.24) is 4.90 Å². The van der Waals surface area contributed by atoms with E-state index < -0.39 is 0 Å². The number of carbonyl (C=O) groups excluding carboxylic acids is 1. The van der Waals surface area contributed by atoms with E-state index in [9.17, 15) is 10.1 Å². The van der Waals surface area contributed by atoms with E-state index >= 15 is 0 Å². The zero-order chi connectivity index (χ0) is 20.5. The molecule has 2 aliphatic rings. The lowest BCUT2D eigenvalue weighted by Gasteiger charge is -2.19. The Hall–Kier alpha value is -3.58. The Kier molecular flexibility index (Phi) is 4.72. The normalized spacial score (nSPS) is 17.3. The first-order valence-electron chi connectivity index (χ1n) is 10.3. The molecule has 1 saturated heterocycles. The first-order chi connectivity index (χ1) is 14.8. The van der Waals surface area contributed by atoms with Crippen molar-refractivity contribution in [2.24, 2.45) is 0 Å². The molecule has 0 bridgehead atoms. The van der Waals surface area contributed by atoms with Gasteiger partial charge in [-0.3, -0.25) is 0 Å². The maximum Gasteiger partial charge on any atom is 0.409 e. The Morgan fingerprint density at radius 3 is 2.20 bits per heavy atom. The van der Waals surface area contributed by atoms with Crippen LogP contribution < -0.4 is 0 Å². The van der Waals surface area contributed by atoms with Gasteiger partial charge in [-0.05, 0) is 40.3 Å². The first-order valence-corrected chi connectivity index (χ1v) is 10.3. The summed E-state index contributed by atoms with van der Waals surface area (Å²) in [5, 5.41) is 9.36. The second kappa shape index (κ2) is 7.68. The summed E-state index contributed by atoms with van der Waals surface area (Å²) in [5.74, 6) is 0.250. The van der Waals surface area contributed by atoms with Crippen molar-refractivity contribution in [3.8, 4) is 17.2 Å².